The van der Waals surface area contributed by atoms with Crippen LogP contribution in [0.4, 0.5) is 5.95 Å². The zero-order valence-corrected chi connectivity index (χ0v) is 20.0. The van der Waals surface area contributed by atoms with Gasteiger partial charge >= 0.3 is 5.69 Å². The zero-order chi connectivity index (χ0) is 23.8. The summed E-state index contributed by atoms with van der Waals surface area (Å²) >= 11 is 6.06. The fourth-order valence-corrected chi connectivity index (χ4v) is 4.69. The molecule has 3 heterocycles. The van der Waals surface area contributed by atoms with Crippen LogP contribution in [0.2, 0.25) is 5.02 Å². The number of halogens is 1. The van der Waals surface area contributed by atoms with Crippen LogP contribution in [0.1, 0.15) is 16.7 Å². The minimum absolute atomic E-state index is 0.389. The second-order valence-electron chi connectivity index (χ2n) is 8.87. The minimum Gasteiger partial charge on any atom is -0.340 e. The standard InChI is InChI=1S/C25H27ClN6O2/c1-17-4-3-5-19(14-17)15-30-10-12-31(13-11-30)24-27-22-21(23(33)28-25(34)29(22)2)32(24)16-18-6-8-20(26)9-7-18/h3-9,14H,10-13,15-16H2,1-2H3,(H,28,33,34). The van der Waals surface area contributed by atoms with Crippen LogP contribution in [0.5, 0.6) is 0 Å². The summed E-state index contributed by atoms with van der Waals surface area (Å²) in [6.07, 6.45) is 0. The van der Waals surface area contributed by atoms with Crippen molar-refractivity contribution in [1.29, 1.82) is 0 Å². The lowest BCUT2D eigenvalue weighted by atomic mass is 10.1. The van der Waals surface area contributed by atoms with E-state index in [2.05, 4.69) is 46.0 Å². The van der Waals surface area contributed by atoms with E-state index in [1.807, 2.05) is 28.8 Å². The van der Waals surface area contributed by atoms with E-state index in [1.165, 1.54) is 15.7 Å². The van der Waals surface area contributed by atoms with Gasteiger partial charge in [-0.15, -0.1) is 0 Å². The first-order valence-corrected chi connectivity index (χ1v) is 11.7. The van der Waals surface area contributed by atoms with Gasteiger partial charge in [-0.25, -0.2) is 4.79 Å². The Morgan fingerprint density at radius 1 is 0.971 bits per heavy atom. The maximum absolute atomic E-state index is 12.8. The molecule has 0 atom stereocenters. The minimum atomic E-state index is -0.469. The number of benzene rings is 2. The van der Waals surface area contributed by atoms with Crippen LogP contribution in [0.3, 0.4) is 0 Å². The molecular weight excluding hydrogens is 452 g/mol. The molecule has 8 nitrogen and oxygen atoms in total. The van der Waals surface area contributed by atoms with Crippen molar-refractivity contribution in [2.45, 2.75) is 20.0 Å². The largest absolute Gasteiger partial charge is 0.340 e. The molecule has 34 heavy (non-hydrogen) atoms. The molecule has 4 aromatic rings. The maximum Gasteiger partial charge on any atom is 0.329 e. The summed E-state index contributed by atoms with van der Waals surface area (Å²) < 4.78 is 3.31. The van der Waals surface area contributed by atoms with Crippen molar-refractivity contribution in [3.8, 4) is 0 Å². The van der Waals surface area contributed by atoms with Gasteiger partial charge in [-0.05, 0) is 30.2 Å². The van der Waals surface area contributed by atoms with Crippen molar-refractivity contribution in [3.05, 3.63) is 91.1 Å². The molecule has 0 spiro atoms. The highest BCUT2D eigenvalue weighted by atomic mass is 35.5. The van der Waals surface area contributed by atoms with Gasteiger partial charge in [0.1, 0.15) is 0 Å². The summed E-state index contributed by atoms with van der Waals surface area (Å²) in [7, 11) is 1.63. The van der Waals surface area contributed by atoms with Crippen LogP contribution in [0, 0.1) is 6.92 Å². The van der Waals surface area contributed by atoms with Gasteiger partial charge in [0, 0.05) is 44.8 Å². The molecule has 2 aromatic heterocycles. The summed E-state index contributed by atoms with van der Waals surface area (Å²) in [5.41, 5.74) is 3.46. The summed E-state index contributed by atoms with van der Waals surface area (Å²) in [5.74, 6) is 0.701. The molecule has 0 unspecified atom stereocenters. The number of anilines is 1. The molecule has 0 radical (unpaired) electrons. The Balaban J connectivity index is 1.46. The number of nitrogens with one attached hydrogen (secondary N) is 1. The smallest absolute Gasteiger partial charge is 0.329 e. The number of nitrogens with zero attached hydrogens (tertiary/aromatic N) is 5. The first-order valence-electron chi connectivity index (χ1n) is 11.4. The van der Waals surface area contributed by atoms with Gasteiger partial charge in [0.15, 0.2) is 11.2 Å². The van der Waals surface area contributed by atoms with Gasteiger partial charge in [-0.1, -0.05) is 53.6 Å². The van der Waals surface area contributed by atoms with Gasteiger partial charge in [0.25, 0.3) is 5.56 Å². The molecule has 0 amide bonds. The summed E-state index contributed by atoms with van der Waals surface area (Å²) in [5, 5.41) is 0.657. The molecular formula is C25H27ClN6O2. The van der Waals surface area contributed by atoms with E-state index in [1.54, 1.807) is 7.05 Å². The highest BCUT2D eigenvalue weighted by Gasteiger charge is 2.25. The van der Waals surface area contributed by atoms with E-state index in [0.29, 0.717) is 28.7 Å². The van der Waals surface area contributed by atoms with Crippen LogP contribution in [-0.2, 0) is 20.1 Å². The average Bonchev–Trinajstić information content (AvgIpc) is 3.19. The Labute approximate surface area is 202 Å². The molecule has 1 saturated heterocycles. The van der Waals surface area contributed by atoms with Gasteiger partial charge in [-0.2, -0.15) is 4.98 Å². The van der Waals surface area contributed by atoms with Crippen molar-refractivity contribution in [2.75, 3.05) is 31.1 Å². The summed E-state index contributed by atoms with van der Waals surface area (Å²) in [4.78, 5) is 36.9. The number of piperazine rings is 1. The van der Waals surface area contributed by atoms with E-state index in [0.717, 1.165) is 38.3 Å². The van der Waals surface area contributed by atoms with Gasteiger partial charge in [-0.3, -0.25) is 23.8 Å². The van der Waals surface area contributed by atoms with Crippen molar-refractivity contribution in [3.63, 3.8) is 0 Å². The summed E-state index contributed by atoms with van der Waals surface area (Å²) in [6.45, 7) is 6.80. The Bertz CT molecular complexity index is 1450. The predicted octanol–water partition coefficient (Wildman–Crippen LogP) is 2.76. The Morgan fingerprint density at radius 3 is 2.41 bits per heavy atom. The number of aryl methyl sites for hydroxylation is 2. The molecule has 0 aliphatic carbocycles. The number of aromatic nitrogens is 4. The quantitative estimate of drug-likeness (QED) is 0.477. The van der Waals surface area contributed by atoms with Crippen molar-refractivity contribution in [1.82, 2.24) is 24.0 Å². The fourth-order valence-electron chi connectivity index (χ4n) is 4.56. The van der Waals surface area contributed by atoms with Crippen LogP contribution >= 0.6 is 11.6 Å². The lowest BCUT2D eigenvalue weighted by molar-refractivity contribution is 0.248. The fraction of sp³-hybridized carbons (Fsp3) is 0.320. The van der Waals surface area contributed by atoms with Crippen LogP contribution in [0.15, 0.2) is 58.1 Å². The third-order valence-corrected chi connectivity index (χ3v) is 6.64. The number of hydrogen-bond donors (Lipinski definition) is 1. The van der Waals surface area contributed by atoms with E-state index in [4.69, 9.17) is 16.6 Å². The number of imidazole rings is 1. The highest BCUT2D eigenvalue weighted by Crippen LogP contribution is 2.23. The third-order valence-electron chi connectivity index (χ3n) is 6.38. The highest BCUT2D eigenvalue weighted by molar-refractivity contribution is 6.30. The number of H-pyrrole nitrogens is 1. The monoisotopic (exact) mass is 478 g/mol. The average molecular weight is 479 g/mol. The molecule has 9 heteroatoms. The normalized spacial score (nSPS) is 14.7. The molecule has 2 aromatic carbocycles. The van der Waals surface area contributed by atoms with Crippen molar-refractivity contribution >= 4 is 28.7 Å². The Morgan fingerprint density at radius 2 is 1.71 bits per heavy atom. The first-order chi connectivity index (χ1) is 16.4. The SMILES string of the molecule is Cc1cccc(CN2CCN(c3nc4c(c(=O)[nH]c(=O)n4C)n3Cc3ccc(Cl)cc3)CC2)c1. The molecule has 1 fully saturated rings. The van der Waals surface area contributed by atoms with Crippen LogP contribution in [0.25, 0.3) is 11.2 Å². The molecule has 1 N–H and O–H groups in total. The first kappa shape index (κ1) is 22.4. The van der Waals surface area contributed by atoms with Crippen molar-refractivity contribution in [2.24, 2.45) is 7.05 Å². The number of hydrogen-bond acceptors (Lipinski definition) is 5. The van der Waals surface area contributed by atoms with Crippen LogP contribution < -0.4 is 16.1 Å². The second kappa shape index (κ2) is 9.12. The van der Waals surface area contributed by atoms with Crippen LogP contribution in [-0.4, -0.2) is 50.2 Å². The van der Waals surface area contributed by atoms with Crippen molar-refractivity contribution < 1.29 is 0 Å². The zero-order valence-electron chi connectivity index (χ0n) is 19.3. The molecule has 1 aliphatic heterocycles. The van der Waals surface area contributed by atoms with Gasteiger partial charge in [0.2, 0.25) is 5.95 Å². The lowest BCUT2D eigenvalue weighted by Crippen LogP contribution is -2.47. The van der Waals surface area contributed by atoms with Gasteiger partial charge in [0.05, 0.1) is 6.54 Å². The predicted molar refractivity (Wildman–Crippen MR) is 135 cm³/mol. The number of aromatic amines is 1. The van der Waals surface area contributed by atoms with E-state index in [-0.39, 0.29) is 0 Å². The van der Waals surface area contributed by atoms with E-state index >= 15 is 0 Å². The number of rotatable bonds is 5. The molecule has 0 bridgehead atoms. The lowest BCUT2D eigenvalue weighted by Gasteiger charge is -2.35. The Hall–Kier alpha value is -3.36. The second-order valence-corrected chi connectivity index (χ2v) is 9.30. The summed E-state index contributed by atoms with van der Waals surface area (Å²) in [6, 6.07) is 16.1. The van der Waals surface area contributed by atoms with Gasteiger partial charge < -0.3 is 4.90 Å². The number of fused-ring (bicyclic) bond motifs is 1. The molecule has 176 valence electrons. The molecule has 0 saturated carbocycles. The van der Waals surface area contributed by atoms with E-state index < -0.39 is 11.2 Å². The Kier molecular flexibility index (Phi) is 6.02. The topological polar surface area (TPSA) is 79.2 Å². The van der Waals surface area contributed by atoms with E-state index in [9.17, 15) is 9.59 Å². The third kappa shape index (κ3) is 4.38. The molecule has 1 aliphatic rings. The molecule has 5 rings (SSSR count). The maximum atomic E-state index is 12.8.